The molecule has 2 atom stereocenters. The van der Waals surface area contributed by atoms with Crippen molar-refractivity contribution in [2.24, 2.45) is 16.5 Å². The van der Waals surface area contributed by atoms with E-state index in [1.54, 1.807) is 0 Å². The van der Waals surface area contributed by atoms with Crippen molar-refractivity contribution in [3.05, 3.63) is 4.91 Å². The number of rotatable bonds is 3. The van der Waals surface area contributed by atoms with Crippen molar-refractivity contribution in [1.82, 2.24) is 0 Å². The van der Waals surface area contributed by atoms with Gasteiger partial charge in [-0.05, 0) is 30.6 Å². The second-order valence-electron chi connectivity index (χ2n) is 5.32. The first-order chi connectivity index (χ1) is 6.66. The fraction of sp³-hybridized carbons (Fsp3) is 1.00. The van der Waals surface area contributed by atoms with Gasteiger partial charge in [-0.1, -0.05) is 44.7 Å². The van der Waals surface area contributed by atoms with Crippen molar-refractivity contribution in [1.29, 1.82) is 0 Å². The van der Waals surface area contributed by atoms with Gasteiger partial charge in [0.1, 0.15) is 0 Å². The number of hydrogen-bond acceptors (Lipinski definition) is 2. The van der Waals surface area contributed by atoms with Crippen LogP contribution in [-0.2, 0) is 0 Å². The van der Waals surface area contributed by atoms with E-state index in [2.05, 4.69) is 19.0 Å². The molecule has 1 aliphatic carbocycles. The summed E-state index contributed by atoms with van der Waals surface area (Å²) < 4.78 is 0. The van der Waals surface area contributed by atoms with Gasteiger partial charge in [0, 0.05) is 0 Å². The molecule has 1 rings (SSSR count). The van der Waals surface area contributed by atoms with Gasteiger partial charge >= 0.3 is 0 Å². The van der Waals surface area contributed by atoms with Gasteiger partial charge in [0.05, 0.1) is 6.54 Å². The number of hydrogen-bond donors (Lipinski definition) is 0. The summed E-state index contributed by atoms with van der Waals surface area (Å²) >= 11 is 0. The summed E-state index contributed by atoms with van der Waals surface area (Å²) in [5.41, 5.74) is 0.383. The Labute approximate surface area is 87.4 Å². The molecule has 0 amide bonds. The maximum Gasteiger partial charge on any atom is 0.0816 e. The first-order valence-corrected chi connectivity index (χ1v) is 5.95. The quantitative estimate of drug-likeness (QED) is 0.625. The molecular weight excluding hydrogens is 174 g/mol. The van der Waals surface area contributed by atoms with Crippen LogP contribution in [-0.4, -0.2) is 6.54 Å². The minimum atomic E-state index is 0.383. The molecule has 0 N–H and O–H groups in total. The third-order valence-corrected chi connectivity index (χ3v) is 3.63. The lowest BCUT2D eigenvalue weighted by Crippen LogP contribution is -2.22. The Bertz CT molecular complexity index is 181. The molecule has 1 saturated carbocycles. The molecule has 0 bridgehead atoms. The van der Waals surface area contributed by atoms with Crippen molar-refractivity contribution < 1.29 is 0 Å². The van der Waals surface area contributed by atoms with Crippen LogP contribution in [0.15, 0.2) is 5.18 Å². The lowest BCUT2D eigenvalue weighted by Gasteiger charge is -2.33. The Morgan fingerprint density at radius 3 is 2.86 bits per heavy atom. The van der Waals surface area contributed by atoms with Crippen LogP contribution in [0.3, 0.4) is 0 Å². The topological polar surface area (TPSA) is 29.4 Å². The molecule has 2 unspecified atom stereocenters. The van der Waals surface area contributed by atoms with Crippen LogP contribution in [0.2, 0.25) is 0 Å². The molecule has 0 spiro atoms. The molecule has 0 aliphatic heterocycles. The second kappa shape index (κ2) is 5.47. The van der Waals surface area contributed by atoms with Gasteiger partial charge in [-0.25, -0.2) is 0 Å². The average Bonchev–Trinajstić information content (AvgIpc) is 2.11. The van der Waals surface area contributed by atoms with Crippen molar-refractivity contribution in [2.45, 2.75) is 58.8 Å². The van der Waals surface area contributed by atoms with Crippen molar-refractivity contribution in [3.63, 3.8) is 0 Å². The van der Waals surface area contributed by atoms with Crippen LogP contribution < -0.4 is 0 Å². The van der Waals surface area contributed by atoms with Gasteiger partial charge in [-0.15, -0.1) is 0 Å². The monoisotopic (exact) mass is 197 g/mol. The van der Waals surface area contributed by atoms with E-state index in [-0.39, 0.29) is 0 Å². The fourth-order valence-corrected chi connectivity index (χ4v) is 2.81. The molecule has 2 heteroatoms. The molecular formula is C12H23NO. The van der Waals surface area contributed by atoms with E-state index in [1.807, 2.05) is 0 Å². The molecule has 0 saturated heterocycles. The van der Waals surface area contributed by atoms with E-state index < -0.39 is 0 Å². The molecule has 0 aromatic rings. The summed E-state index contributed by atoms with van der Waals surface area (Å²) in [6.07, 6.45) is 9.01. The van der Waals surface area contributed by atoms with Crippen LogP contribution in [0, 0.1) is 16.2 Å². The smallest absolute Gasteiger partial charge is 0.0816 e. The minimum Gasteiger partial charge on any atom is -0.151 e. The van der Waals surface area contributed by atoms with Crippen LogP contribution in [0.25, 0.3) is 0 Å². The van der Waals surface area contributed by atoms with Crippen LogP contribution in [0.1, 0.15) is 58.8 Å². The standard InChI is InChI=1S/C12H23NO/c1-11-6-4-3-5-7-12(2,10-11)8-9-13-14/h11H,3-10H2,1-2H3. The molecule has 82 valence electrons. The maximum atomic E-state index is 10.2. The Morgan fingerprint density at radius 2 is 2.14 bits per heavy atom. The zero-order valence-electron chi connectivity index (χ0n) is 9.59. The molecule has 2 nitrogen and oxygen atoms in total. The Kier molecular flexibility index (Phi) is 4.56. The van der Waals surface area contributed by atoms with Crippen LogP contribution in [0.5, 0.6) is 0 Å². The van der Waals surface area contributed by atoms with E-state index in [4.69, 9.17) is 0 Å². The van der Waals surface area contributed by atoms with Gasteiger partial charge < -0.3 is 0 Å². The normalized spacial score (nSPS) is 34.6. The minimum absolute atomic E-state index is 0.383. The number of nitroso groups, excluding NO2 is 1. The fourth-order valence-electron chi connectivity index (χ4n) is 2.81. The molecule has 1 aliphatic rings. The van der Waals surface area contributed by atoms with Crippen molar-refractivity contribution in [2.75, 3.05) is 6.54 Å². The summed E-state index contributed by atoms with van der Waals surface area (Å²) in [4.78, 5) is 10.2. The SMILES string of the molecule is CC1CCCCCC(C)(CCN=O)C1. The Hall–Kier alpha value is -0.400. The van der Waals surface area contributed by atoms with E-state index in [1.165, 1.54) is 38.5 Å². The average molecular weight is 197 g/mol. The zero-order valence-corrected chi connectivity index (χ0v) is 9.59. The second-order valence-corrected chi connectivity index (χ2v) is 5.32. The van der Waals surface area contributed by atoms with Gasteiger partial charge in [-0.3, -0.25) is 0 Å². The molecule has 0 aromatic carbocycles. The van der Waals surface area contributed by atoms with Gasteiger partial charge in [0.25, 0.3) is 0 Å². The van der Waals surface area contributed by atoms with E-state index >= 15 is 0 Å². The highest BCUT2D eigenvalue weighted by molar-refractivity contribution is 4.79. The molecule has 1 fully saturated rings. The van der Waals surface area contributed by atoms with Crippen molar-refractivity contribution in [3.8, 4) is 0 Å². The summed E-state index contributed by atoms with van der Waals surface area (Å²) in [6.45, 7) is 5.18. The highest BCUT2D eigenvalue weighted by atomic mass is 16.3. The van der Waals surface area contributed by atoms with Crippen molar-refractivity contribution >= 4 is 0 Å². The summed E-state index contributed by atoms with van der Waals surface area (Å²) in [6, 6.07) is 0. The van der Waals surface area contributed by atoms with Gasteiger partial charge in [-0.2, -0.15) is 4.91 Å². The molecule has 0 radical (unpaired) electrons. The first-order valence-electron chi connectivity index (χ1n) is 5.95. The summed E-state index contributed by atoms with van der Waals surface area (Å²) in [7, 11) is 0. The van der Waals surface area contributed by atoms with E-state index in [9.17, 15) is 4.91 Å². The highest BCUT2D eigenvalue weighted by Gasteiger charge is 2.27. The van der Waals surface area contributed by atoms with Crippen LogP contribution in [0.4, 0.5) is 0 Å². The third kappa shape index (κ3) is 3.77. The van der Waals surface area contributed by atoms with E-state index in [0.717, 1.165) is 12.3 Å². The first kappa shape index (κ1) is 11.7. The lowest BCUT2D eigenvalue weighted by atomic mass is 9.72. The zero-order chi connectivity index (χ0) is 10.4. The molecule has 14 heavy (non-hydrogen) atoms. The Morgan fingerprint density at radius 1 is 1.36 bits per heavy atom. The van der Waals surface area contributed by atoms with Gasteiger partial charge in [0.15, 0.2) is 0 Å². The van der Waals surface area contributed by atoms with E-state index in [0.29, 0.717) is 12.0 Å². The lowest BCUT2D eigenvalue weighted by molar-refractivity contribution is 0.185. The largest absolute Gasteiger partial charge is 0.151 e. The van der Waals surface area contributed by atoms with Gasteiger partial charge in [0.2, 0.25) is 0 Å². The maximum absolute atomic E-state index is 10.2. The predicted molar refractivity (Wildman–Crippen MR) is 60.3 cm³/mol. The highest BCUT2D eigenvalue weighted by Crippen LogP contribution is 2.38. The number of nitrogens with zero attached hydrogens (tertiary/aromatic N) is 1. The third-order valence-electron chi connectivity index (χ3n) is 3.63. The summed E-state index contributed by atoms with van der Waals surface area (Å²) in [5, 5.41) is 3.00. The Balaban J connectivity index is 2.48. The summed E-state index contributed by atoms with van der Waals surface area (Å²) in [5.74, 6) is 0.826. The predicted octanol–water partition coefficient (Wildman–Crippen LogP) is 4.14. The van der Waals surface area contributed by atoms with Crippen LogP contribution >= 0.6 is 0 Å². The molecule has 0 aromatic heterocycles. The molecule has 0 heterocycles.